The average Bonchev–Trinajstić information content (AvgIpc) is 3.11. The second-order valence-electron chi connectivity index (χ2n) is 7.21. The van der Waals surface area contributed by atoms with Gasteiger partial charge in [-0.3, -0.25) is 0 Å². The number of hydrogen-bond donors (Lipinski definition) is 1. The highest BCUT2D eigenvalue weighted by Gasteiger charge is 2.23. The van der Waals surface area contributed by atoms with Crippen LogP contribution in [-0.4, -0.2) is 18.1 Å². The Morgan fingerprint density at radius 2 is 1.96 bits per heavy atom. The minimum atomic E-state index is -0.452. The number of rotatable bonds is 3. The summed E-state index contributed by atoms with van der Waals surface area (Å²) in [7, 11) is 1.35. The van der Waals surface area contributed by atoms with Gasteiger partial charge in [-0.2, -0.15) is 0 Å². The standard InChI is InChI=1S/C20H23NO3/c1-12-6-8-14-15(18(20(2,3)4)21-16(14)10-12)11-13-7-9-17(24-13)19(22)23-5/h6-10,21H,11H2,1-5H3. The van der Waals surface area contributed by atoms with Gasteiger partial charge in [0.25, 0.3) is 0 Å². The molecule has 0 fully saturated rings. The van der Waals surface area contributed by atoms with Crippen molar-refractivity contribution in [2.45, 2.75) is 39.5 Å². The van der Waals surface area contributed by atoms with Gasteiger partial charge in [0, 0.05) is 28.4 Å². The largest absolute Gasteiger partial charge is 0.463 e. The third kappa shape index (κ3) is 2.96. The predicted octanol–water partition coefficient (Wildman–Crippen LogP) is 4.74. The average molecular weight is 325 g/mol. The molecule has 4 nitrogen and oxygen atoms in total. The van der Waals surface area contributed by atoms with Crippen LogP contribution in [0.15, 0.2) is 34.7 Å². The highest BCUT2D eigenvalue weighted by Crippen LogP contribution is 2.33. The molecule has 2 aromatic heterocycles. The highest BCUT2D eigenvalue weighted by atomic mass is 16.5. The summed E-state index contributed by atoms with van der Waals surface area (Å²) in [6.07, 6.45) is 0.632. The van der Waals surface area contributed by atoms with Gasteiger partial charge in [-0.15, -0.1) is 0 Å². The van der Waals surface area contributed by atoms with Crippen LogP contribution in [0.3, 0.4) is 0 Å². The first kappa shape index (κ1) is 16.4. The molecule has 126 valence electrons. The Morgan fingerprint density at radius 1 is 1.21 bits per heavy atom. The number of hydrogen-bond acceptors (Lipinski definition) is 3. The molecule has 0 aliphatic carbocycles. The van der Waals surface area contributed by atoms with E-state index in [-0.39, 0.29) is 11.2 Å². The van der Waals surface area contributed by atoms with E-state index in [9.17, 15) is 4.79 Å². The van der Waals surface area contributed by atoms with Gasteiger partial charge >= 0.3 is 5.97 Å². The summed E-state index contributed by atoms with van der Waals surface area (Å²) in [5.74, 6) is 0.537. The molecular formula is C20H23NO3. The number of ether oxygens (including phenoxy) is 1. The fraction of sp³-hybridized carbons (Fsp3) is 0.350. The van der Waals surface area contributed by atoms with Crippen LogP contribution >= 0.6 is 0 Å². The second kappa shape index (κ2) is 5.86. The molecule has 0 atom stereocenters. The Labute approximate surface area is 141 Å². The summed E-state index contributed by atoms with van der Waals surface area (Å²) in [6, 6.07) is 9.93. The highest BCUT2D eigenvalue weighted by molar-refractivity contribution is 5.87. The first-order chi connectivity index (χ1) is 11.3. The van der Waals surface area contributed by atoms with Gasteiger partial charge in [0.2, 0.25) is 5.76 Å². The summed E-state index contributed by atoms with van der Waals surface area (Å²) in [5, 5.41) is 1.20. The maximum atomic E-state index is 11.6. The molecule has 0 aliphatic rings. The van der Waals surface area contributed by atoms with E-state index in [0.717, 1.165) is 11.3 Å². The van der Waals surface area contributed by atoms with Crippen LogP contribution in [0.1, 0.15) is 53.9 Å². The van der Waals surface area contributed by atoms with E-state index in [1.807, 2.05) is 6.07 Å². The van der Waals surface area contributed by atoms with Crippen molar-refractivity contribution in [3.63, 3.8) is 0 Å². The summed E-state index contributed by atoms with van der Waals surface area (Å²) in [6.45, 7) is 8.66. The van der Waals surface area contributed by atoms with Crippen molar-refractivity contribution in [2.24, 2.45) is 0 Å². The molecule has 3 aromatic rings. The number of H-pyrrole nitrogens is 1. The van der Waals surface area contributed by atoms with Crippen molar-refractivity contribution in [3.05, 3.63) is 58.7 Å². The number of fused-ring (bicyclic) bond motifs is 1. The minimum absolute atomic E-state index is 0.0139. The maximum absolute atomic E-state index is 11.6. The molecule has 4 heteroatoms. The van der Waals surface area contributed by atoms with Crippen LogP contribution in [0.25, 0.3) is 10.9 Å². The zero-order chi connectivity index (χ0) is 17.5. The van der Waals surface area contributed by atoms with E-state index in [4.69, 9.17) is 9.15 Å². The van der Waals surface area contributed by atoms with Gasteiger partial charge in [0.15, 0.2) is 0 Å². The molecule has 1 N–H and O–H groups in total. The summed E-state index contributed by atoms with van der Waals surface area (Å²) in [5.41, 5.74) is 4.75. The molecule has 0 saturated carbocycles. The Balaban J connectivity index is 2.07. The number of esters is 1. The number of furan rings is 1. The van der Waals surface area contributed by atoms with Crippen LogP contribution in [0.4, 0.5) is 0 Å². The lowest BCUT2D eigenvalue weighted by Gasteiger charge is -2.19. The first-order valence-electron chi connectivity index (χ1n) is 8.08. The normalized spacial score (nSPS) is 11.9. The maximum Gasteiger partial charge on any atom is 0.373 e. The number of carbonyl (C=O) groups excluding carboxylic acids is 1. The molecule has 0 aliphatic heterocycles. The van der Waals surface area contributed by atoms with E-state index in [1.165, 1.54) is 29.3 Å². The molecule has 0 amide bonds. The number of nitrogens with one attached hydrogen (secondary N) is 1. The van der Waals surface area contributed by atoms with E-state index in [2.05, 4.69) is 50.9 Å². The van der Waals surface area contributed by atoms with Crippen molar-refractivity contribution >= 4 is 16.9 Å². The molecule has 0 unspecified atom stereocenters. The predicted molar refractivity (Wildman–Crippen MR) is 94.6 cm³/mol. The lowest BCUT2D eigenvalue weighted by atomic mass is 9.87. The van der Waals surface area contributed by atoms with Gasteiger partial charge in [0.05, 0.1) is 7.11 Å². The molecule has 0 bridgehead atoms. The molecule has 0 saturated heterocycles. The lowest BCUT2D eigenvalue weighted by Crippen LogP contribution is -2.14. The number of methoxy groups -OCH3 is 1. The third-order valence-corrected chi connectivity index (χ3v) is 4.21. The van der Waals surface area contributed by atoms with Crippen LogP contribution in [0, 0.1) is 6.92 Å². The Bertz CT molecular complexity index is 893. The Morgan fingerprint density at radius 3 is 2.62 bits per heavy atom. The van der Waals surface area contributed by atoms with E-state index >= 15 is 0 Å². The van der Waals surface area contributed by atoms with Crippen LogP contribution in [0.2, 0.25) is 0 Å². The van der Waals surface area contributed by atoms with Crippen molar-refractivity contribution in [1.82, 2.24) is 4.98 Å². The van der Waals surface area contributed by atoms with Crippen molar-refractivity contribution < 1.29 is 13.9 Å². The van der Waals surface area contributed by atoms with Crippen LogP contribution in [0.5, 0.6) is 0 Å². The van der Waals surface area contributed by atoms with E-state index < -0.39 is 5.97 Å². The molecule has 0 spiro atoms. The Kier molecular flexibility index (Phi) is 3.99. The van der Waals surface area contributed by atoms with Crippen molar-refractivity contribution in [2.75, 3.05) is 7.11 Å². The molecular weight excluding hydrogens is 302 g/mol. The monoisotopic (exact) mass is 325 g/mol. The third-order valence-electron chi connectivity index (χ3n) is 4.21. The van der Waals surface area contributed by atoms with E-state index in [1.54, 1.807) is 6.07 Å². The van der Waals surface area contributed by atoms with E-state index in [0.29, 0.717) is 6.42 Å². The topological polar surface area (TPSA) is 55.2 Å². The van der Waals surface area contributed by atoms with Gasteiger partial charge in [-0.1, -0.05) is 32.9 Å². The minimum Gasteiger partial charge on any atom is -0.463 e. The number of aromatic amines is 1. The van der Waals surface area contributed by atoms with Crippen LogP contribution in [-0.2, 0) is 16.6 Å². The van der Waals surface area contributed by atoms with Crippen molar-refractivity contribution in [3.8, 4) is 0 Å². The first-order valence-corrected chi connectivity index (χ1v) is 8.08. The van der Waals surface area contributed by atoms with Gasteiger partial charge in [0.1, 0.15) is 5.76 Å². The number of carbonyl (C=O) groups is 1. The number of aryl methyl sites for hydroxylation is 1. The Hall–Kier alpha value is -2.49. The van der Waals surface area contributed by atoms with Crippen molar-refractivity contribution in [1.29, 1.82) is 0 Å². The van der Waals surface area contributed by atoms with Gasteiger partial charge in [-0.05, 0) is 36.2 Å². The zero-order valence-corrected chi connectivity index (χ0v) is 14.8. The molecule has 0 radical (unpaired) electrons. The molecule has 1 aromatic carbocycles. The second-order valence-corrected chi connectivity index (χ2v) is 7.21. The molecule has 24 heavy (non-hydrogen) atoms. The molecule has 3 rings (SSSR count). The summed E-state index contributed by atoms with van der Waals surface area (Å²) >= 11 is 0. The van der Waals surface area contributed by atoms with Gasteiger partial charge < -0.3 is 14.1 Å². The van der Waals surface area contributed by atoms with Gasteiger partial charge in [-0.25, -0.2) is 4.79 Å². The number of benzene rings is 1. The smallest absolute Gasteiger partial charge is 0.373 e. The fourth-order valence-electron chi connectivity index (χ4n) is 3.05. The quantitative estimate of drug-likeness (QED) is 0.707. The summed E-state index contributed by atoms with van der Waals surface area (Å²) < 4.78 is 10.4. The summed E-state index contributed by atoms with van der Waals surface area (Å²) in [4.78, 5) is 15.2. The van der Waals surface area contributed by atoms with Crippen LogP contribution < -0.4 is 0 Å². The fourth-order valence-corrected chi connectivity index (χ4v) is 3.05. The molecule has 2 heterocycles. The lowest BCUT2D eigenvalue weighted by molar-refractivity contribution is 0.0563. The zero-order valence-electron chi connectivity index (χ0n) is 14.8. The number of aromatic nitrogens is 1. The SMILES string of the molecule is COC(=O)c1ccc(Cc2c(C(C)(C)C)[nH]c3cc(C)ccc23)o1.